The van der Waals surface area contributed by atoms with Crippen LogP contribution in [0.3, 0.4) is 0 Å². The highest BCUT2D eigenvalue weighted by molar-refractivity contribution is 5.86. The maximum Gasteiger partial charge on any atom is 0.239 e. The zero-order chi connectivity index (χ0) is 13.9. The van der Waals surface area contributed by atoms with Crippen LogP contribution in [0.4, 0.5) is 0 Å². The van der Waals surface area contributed by atoms with Crippen molar-refractivity contribution in [3.63, 3.8) is 0 Å². The van der Waals surface area contributed by atoms with Crippen LogP contribution in [0.2, 0.25) is 0 Å². The third-order valence-electron chi connectivity index (χ3n) is 5.04. The van der Waals surface area contributed by atoms with Gasteiger partial charge in [0.25, 0.3) is 0 Å². The van der Waals surface area contributed by atoms with Gasteiger partial charge in [0.1, 0.15) is 5.54 Å². The van der Waals surface area contributed by atoms with Crippen LogP contribution >= 0.6 is 0 Å². The molecule has 1 atom stereocenters. The topological polar surface area (TPSA) is 58.4 Å². The van der Waals surface area contributed by atoms with E-state index in [-0.39, 0.29) is 5.91 Å². The molecule has 1 aliphatic carbocycles. The molecule has 2 fully saturated rings. The van der Waals surface area contributed by atoms with E-state index in [4.69, 9.17) is 5.73 Å². The fourth-order valence-corrected chi connectivity index (χ4v) is 3.58. The standard InChI is InChI=1S/C15H29N3O/c1-3-4-12-7-9-18(10-8-12)11-15(17-2,14(16)19)13-5-6-13/h12-13,17H,3-11H2,1-2H3,(H2,16,19). The van der Waals surface area contributed by atoms with E-state index >= 15 is 0 Å². The molecule has 4 nitrogen and oxygen atoms in total. The fourth-order valence-electron chi connectivity index (χ4n) is 3.58. The number of nitrogens with zero attached hydrogens (tertiary/aromatic N) is 1. The second-order valence-electron chi connectivity index (χ2n) is 6.37. The van der Waals surface area contributed by atoms with E-state index in [1.54, 1.807) is 0 Å². The van der Waals surface area contributed by atoms with Crippen molar-refractivity contribution in [1.82, 2.24) is 10.2 Å². The van der Waals surface area contributed by atoms with Crippen molar-refractivity contribution >= 4 is 5.91 Å². The minimum Gasteiger partial charge on any atom is -0.368 e. The van der Waals surface area contributed by atoms with Gasteiger partial charge in [-0.1, -0.05) is 19.8 Å². The first-order valence-corrected chi connectivity index (χ1v) is 7.83. The Morgan fingerprint density at radius 2 is 1.95 bits per heavy atom. The Bertz CT molecular complexity index is 309. The molecule has 0 spiro atoms. The van der Waals surface area contributed by atoms with E-state index in [0.29, 0.717) is 5.92 Å². The molecule has 2 aliphatic rings. The molecule has 1 amide bonds. The number of carbonyl (C=O) groups is 1. The first kappa shape index (κ1) is 14.8. The molecular formula is C15H29N3O. The summed E-state index contributed by atoms with van der Waals surface area (Å²) in [5.74, 6) is 1.16. The summed E-state index contributed by atoms with van der Waals surface area (Å²) >= 11 is 0. The lowest BCUT2D eigenvalue weighted by Gasteiger charge is -2.39. The van der Waals surface area contributed by atoms with Crippen molar-refractivity contribution in [3.8, 4) is 0 Å². The van der Waals surface area contributed by atoms with E-state index in [2.05, 4.69) is 17.1 Å². The Morgan fingerprint density at radius 3 is 2.37 bits per heavy atom. The van der Waals surface area contributed by atoms with E-state index in [1.165, 1.54) is 25.7 Å². The monoisotopic (exact) mass is 267 g/mol. The van der Waals surface area contributed by atoms with Crippen molar-refractivity contribution in [2.75, 3.05) is 26.7 Å². The van der Waals surface area contributed by atoms with Crippen LogP contribution in [-0.2, 0) is 4.79 Å². The second-order valence-corrected chi connectivity index (χ2v) is 6.37. The Hall–Kier alpha value is -0.610. The average Bonchev–Trinajstić information content (AvgIpc) is 3.22. The number of carbonyl (C=O) groups excluding carboxylic acids is 1. The Balaban J connectivity index is 1.90. The molecule has 1 unspecified atom stereocenters. The van der Waals surface area contributed by atoms with E-state index in [0.717, 1.165) is 38.4 Å². The lowest BCUT2D eigenvalue weighted by atomic mass is 9.88. The number of piperidine rings is 1. The summed E-state index contributed by atoms with van der Waals surface area (Å²) in [6.07, 6.45) is 7.46. The van der Waals surface area contributed by atoms with Gasteiger partial charge in [0.15, 0.2) is 0 Å². The summed E-state index contributed by atoms with van der Waals surface area (Å²) in [4.78, 5) is 14.3. The zero-order valence-corrected chi connectivity index (χ0v) is 12.5. The molecule has 0 bridgehead atoms. The highest BCUT2D eigenvalue weighted by Gasteiger charge is 2.49. The zero-order valence-electron chi connectivity index (χ0n) is 12.5. The highest BCUT2D eigenvalue weighted by atomic mass is 16.1. The third kappa shape index (κ3) is 3.29. The normalized spacial score (nSPS) is 25.2. The molecule has 1 saturated carbocycles. The van der Waals surface area contributed by atoms with Gasteiger partial charge in [-0.3, -0.25) is 4.79 Å². The Kier molecular flexibility index (Phi) is 4.85. The van der Waals surface area contributed by atoms with Crippen molar-refractivity contribution in [2.24, 2.45) is 17.6 Å². The predicted molar refractivity (Wildman–Crippen MR) is 77.8 cm³/mol. The molecule has 110 valence electrons. The van der Waals surface area contributed by atoms with Gasteiger partial charge < -0.3 is 16.0 Å². The van der Waals surface area contributed by atoms with Crippen LogP contribution in [-0.4, -0.2) is 43.0 Å². The lowest BCUT2D eigenvalue weighted by Crippen LogP contribution is -2.62. The summed E-state index contributed by atoms with van der Waals surface area (Å²) in [5.41, 5.74) is 5.20. The molecule has 4 heteroatoms. The van der Waals surface area contributed by atoms with Crippen LogP contribution in [0.5, 0.6) is 0 Å². The second kappa shape index (κ2) is 6.23. The summed E-state index contributed by atoms with van der Waals surface area (Å²) in [5, 5.41) is 3.24. The molecule has 0 aromatic rings. The minimum absolute atomic E-state index is 0.173. The van der Waals surface area contributed by atoms with Crippen molar-refractivity contribution < 1.29 is 4.79 Å². The van der Waals surface area contributed by atoms with Crippen LogP contribution in [0.25, 0.3) is 0 Å². The molecule has 0 radical (unpaired) electrons. The van der Waals surface area contributed by atoms with Gasteiger partial charge in [0.05, 0.1) is 0 Å². The SMILES string of the molecule is CCCC1CCN(CC(NC)(C(N)=O)C2CC2)CC1. The quantitative estimate of drug-likeness (QED) is 0.732. The average molecular weight is 267 g/mol. The third-order valence-corrected chi connectivity index (χ3v) is 5.04. The van der Waals surface area contributed by atoms with Gasteiger partial charge in [-0.25, -0.2) is 0 Å². The summed E-state index contributed by atoms with van der Waals surface area (Å²) in [6.45, 7) is 5.29. The van der Waals surface area contributed by atoms with Gasteiger partial charge in [-0.2, -0.15) is 0 Å². The highest BCUT2D eigenvalue weighted by Crippen LogP contribution is 2.40. The molecule has 1 heterocycles. The maximum atomic E-state index is 11.9. The summed E-state index contributed by atoms with van der Waals surface area (Å²) < 4.78 is 0. The summed E-state index contributed by atoms with van der Waals surface area (Å²) in [7, 11) is 1.88. The van der Waals surface area contributed by atoms with Crippen molar-refractivity contribution in [1.29, 1.82) is 0 Å². The molecule has 1 aliphatic heterocycles. The van der Waals surface area contributed by atoms with Gasteiger partial charge in [0.2, 0.25) is 5.91 Å². The number of hydrogen-bond donors (Lipinski definition) is 2. The number of likely N-dealkylation sites (N-methyl/N-ethyl adjacent to an activating group) is 1. The number of rotatable bonds is 7. The number of amides is 1. The molecule has 0 aromatic carbocycles. The number of likely N-dealkylation sites (tertiary alicyclic amines) is 1. The van der Waals surface area contributed by atoms with E-state index < -0.39 is 5.54 Å². The van der Waals surface area contributed by atoms with Gasteiger partial charge in [-0.05, 0) is 57.7 Å². The van der Waals surface area contributed by atoms with Crippen LogP contribution in [0, 0.1) is 11.8 Å². The van der Waals surface area contributed by atoms with E-state index in [9.17, 15) is 4.79 Å². The summed E-state index contributed by atoms with van der Waals surface area (Å²) in [6, 6.07) is 0. The number of nitrogens with one attached hydrogen (secondary N) is 1. The minimum atomic E-state index is -0.488. The maximum absolute atomic E-state index is 11.9. The molecule has 2 rings (SSSR count). The molecule has 3 N–H and O–H groups in total. The molecule has 1 saturated heterocycles. The van der Waals surface area contributed by atoms with Gasteiger partial charge >= 0.3 is 0 Å². The lowest BCUT2D eigenvalue weighted by molar-refractivity contribution is -0.126. The van der Waals surface area contributed by atoms with Crippen molar-refractivity contribution in [2.45, 2.75) is 51.0 Å². The Morgan fingerprint density at radius 1 is 1.32 bits per heavy atom. The molecule has 0 aromatic heterocycles. The fraction of sp³-hybridized carbons (Fsp3) is 0.933. The van der Waals surface area contributed by atoms with Crippen LogP contribution in [0.1, 0.15) is 45.4 Å². The number of nitrogens with two attached hydrogens (primary N) is 1. The molecular weight excluding hydrogens is 238 g/mol. The van der Waals surface area contributed by atoms with Crippen LogP contribution < -0.4 is 11.1 Å². The predicted octanol–water partition coefficient (Wildman–Crippen LogP) is 1.35. The molecule has 19 heavy (non-hydrogen) atoms. The van der Waals surface area contributed by atoms with Gasteiger partial charge in [-0.15, -0.1) is 0 Å². The number of primary amides is 1. The largest absolute Gasteiger partial charge is 0.368 e. The van der Waals surface area contributed by atoms with Crippen molar-refractivity contribution in [3.05, 3.63) is 0 Å². The van der Waals surface area contributed by atoms with E-state index in [1.807, 2.05) is 7.05 Å². The Labute approximate surface area is 117 Å². The first-order valence-electron chi connectivity index (χ1n) is 7.83. The number of hydrogen-bond acceptors (Lipinski definition) is 3. The van der Waals surface area contributed by atoms with Gasteiger partial charge in [0, 0.05) is 6.54 Å². The first-order chi connectivity index (χ1) is 9.12. The smallest absolute Gasteiger partial charge is 0.239 e. The van der Waals surface area contributed by atoms with Crippen LogP contribution in [0.15, 0.2) is 0 Å².